The van der Waals surface area contributed by atoms with E-state index in [9.17, 15) is 0 Å². The molecule has 0 radical (unpaired) electrons. The van der Waals surface area contributed by atoms with E-state index in [1.54, 1.807) is 0 Å². The second-order valence-corrected chi connectivity index (χ2v) is 17.0. The smallest absolute Gasteiger partial charge is 0.0542 e. The molecule has 11 aromatic carbocycles. The third-order valence-electron chi connectivity index (χ3n) is 13.2. The Labute approximate surface area is 382 Å². The van der Waals surface area contributed by atoms with Gasteiger partial charge in [0.1, 0.15) is 0 Å². The minimum Gasteiger partial charge on any atom is -0.310 e. The lowest BCUT2D eigenvalue weighted by Gasteiger charge is -2.30. The van der Waals surface area contributed by atoms with Crippen molar-refractivity contribution in [3.63, 3.8) is 0 Å². The Morgan fingerprint density at radius 3 is 1.05 bits per heavy atom. The molecule has 66 heavy (non-hydrogen) atoms. The Hall–Kier alpha value is -8.86. The van der Waals surface area contributed by atoms with Gasteiger partial charge in [0.05, 0.1) is 33.4 Å². The molecule has 310 valence electrons. The fraction of sp³-hybridized carbons (Fsp3) is 0. The molecule has 2 heterocycles. The number of rotatable bonds is 8. The van der Waals surface area contributed by atoms with Gasteiger partial charge in [-0.15, -0.1) is 0 Å². The van der Waals surface area contributed by atoms with Crippen molar-refractivity contribution in [2.24, 2.45) is 0 Å². The van der Waals surface area contributed by atoms with Crippen LogP contribution in [0.5, 0.6) is 0 Å². The highest BCUT2D eigenvalue weighted by Crippen LogP contribution is 2.46. The van der Waals surface area contributed by atoms with Crippen LogP contribution in [0.2, 0.25) is 0 Å². The van der Waals surface area contributed by atoms with Gasteiger partial charge in [0, 0.05) is 66.4 Å². The highest BCUT2D eigenvalue weighted by Gasteiger charge is 2.23. The molecule has 0 amide bonds. The third kappa shape index (κ3) is 6.07. The maximum Gasteiger partial charge on any atom is 0.0542 e. The maximum absolute atomic E-state index is 2.44. The maximum atomic E-state index is 2.44. The van der Waals surface area contributed by atoms with Crippen molar-refractivity contribution in [2.45, 2.75) is 0 Å². The fourth-order valence-electron chi connectivity index (χ4n) is 10.3. The molecule has 0 aliphatic carbocycles. The molecular formula is C62H42N4. The number of benzene rings is 11. The van der Waals surface area contributed by atoms with E-state index in [-0.39, 0.29) is 0 Å². The summed E-state index contributed by atoms with van der Waals surface area (Å²) < 4.78 is 4.76. The van der Waals surface area contributed by atoms with Crippen LogP contribution in [-0.4, -0.2) is 9.13 Å². The average Bonchev–Trinajstić information content (AvgIpc) is 3.90. The van der Waals surface area contributed by atoms with Crippen LogP contribution in [0.3, 0.4) is 0 Å². The molecule has 0 spiro atoms. The van der Waals surface area contributed by atoms with Gasteiger partial charge in [0.15, 0.2) is 0 Å². The fourth-order valence-corrected chi connectivity index (χ4v) is 10.3. The van der Waals surface area contributed by atoms with Gasteiger partial charge in [-0.25, -0.2) is 0 Å². The summed E-state index contributed by atoms with van der Waals surface area (Å²) in [6.45, 7) is 0. The zero-order chi connectivity index (χ0) is 43.6. The summed E-state index contributed by atoms with van der Waals surface area (Å²) in [6, 6.07) is 92.6. The molecule has 0 aliphatic rings. The van der Waals surface area contributed by atoms with E-state index >= 15 is 0 Å². The number of fused-ring (bicyclic) bond motifs is 8. The van der Waals surface area contributed by atoms with E-state index < -0.39 is 0 Å². The average molecular weight is 843 g/mol. The largest absolute Gasteiger partial charge is 0.310 e. The summed E-state index contributed by atoms with van der Waals surface area (Å²) >= 11 is 0. The summed E-state index contributed by atoms with van der Waals surface area (Å²) in [4.78, 5) is 4.88. The number of anilines is 6. The van der Waals surface area contributed by atoms with Crippen LogP contribution in [0.1, 0.15) is 0 Å². The van der Waals surface area contributed by atoms with E-state index in [4.69, 9.17) is 0 Å². The van der Waals surface area contributed by atoms with Crippen LogP contribution in [0.15, 0.2) is 255 Å². The van der Waals surface area contributed by atoms with E-state index in [0.717, 1.165) is 45.5 Å². The molecule has 4 heteroatoms. The van der Waals surface area contributed by atoms with Gasteiger partial charge < -0.3 is 18.9 Å². The minimum atomic E-state index is 1.06. The Morgan fingerprint density at radius 2 is 0.576 bits per heavy atom. The van der Waals surface area contributed by atoms with Crippen LogP contribution in [0, 0.1) is 0 Å². The first-order chi connectivity index (χ1) is 32.8. The van der Waals surface area contributed by atoms with Crippen molar-refractivity contribution in [2.75, 3.05) is 9.80 Å². The monoisotopic (exact) mass is 842 g/mol. The quantitative estimate of drug-likeness (QED) is 0.152. The van der Waals surface area contributed by atoms with Crippen LogP contribution in [0.4, 0.5) is 34.1 Å². The second-order valence-electron chi connectivity index (χ2n) is 17.0. The molecule has 13 aromatic rings. The van der Waals surface area contributed by atoms with Crippen molar-refractivity contribution >= 4 is 99.3 Å². The zero-order valence-electron chi connectivity index (χ0n) is 36.0. The van der Waals surface area contributed by atoms with Gasteiger partial charge in [-0.05, 0) is 114 Å². The summed E-state index contributed by atoms with van der Waals surface area (Å²) in [5.74, 6) is 0. The van der Waals surface area contributed by atoms with Crippen LogP contribution in [0.25, 0.3) is 76.5 Å². The molecular weight excluding hydrogens is 801 g/mol. The van der Waals surface area contributed by atoms with Gasteiger partial charge in [-0.1, -0.05) is 152 Å². The number of hydrogen-bond donors (Lipinski definition) is 0. The molecule has 0 N–H and O–H groups in total. The van der Waals surface area contributed by atoms with Gasteiger partial charge in [0.25, 0.3) is 0 Å². The molecule has 4 nitrogen and oxygen atoms in total. The van der Waals surface area contributed by atoms with Crippen molar-refractivity contribution in [3.05, 3.63) is 255 Å². The molecule has 0 saturated heterocycles. The predicted octanol–water partition coefficient (Wildman–Crippen LogP) is 17.1. The normalized spacial score (nSPS) is 11.6. The number of nitrogens with zero attached hydrogens (tertiary/aromatic N) is 4. The van der Waals surface area contributed by atoms with E-state index in [1.807, 2.05) is 0 Å². The lowest BCUT2D eigenvalue weighted by atomic mass is 10.0. The summed E-state index contributed by atoms with van der Waals surface area (Å²) in [7, 11) is 0. The molecule has 0 atom stereocenters. The highest BCUT2D eigenvalue weighted by molar-refractivity contribution is 6.13. The number of hydrogen-bond acceptors (Lipinski definition) is 2. The van der Waals surface area contributed by atoms with Crippen molar-refractivity contribution < 1.29 is 0 Å². The molecule has 0 saturated carbocycles. The molecule has 0 aliphatic heterocycles. The van der Waals surface area contributed by atoms with E-state index in [0.29, 0.717) is 0 Å². The topological polar surface area (TPSA) is 16.3 Å². The van der Waals surface area contributed by atoms with Gasteiger partial charge in [-0.3, -0.25) is 0 Å². The Balaban J connectivity index is 1.05. The molecule has 0 unspecified atom stereocenters. The molecule has 2 aromatic heterocycles. The summed E-state index contributed by atoms with van der Waals surface area (Å²) in [6.07, 6.45) is 0. The first-order valence-electron chi connectivity index (χ1n) is 22.6. The van der Waals surface area contributed by atoms with E-state index in [2.05, 4.69) is 274 Å². The molecule has 13 rings (SSSR count). The molecule has 0 bridgehead atoms. The standard InChI is InChI=1S/C62H42N4/c1-3-22-45(23-4-1)65-59-32-13-11-30-53(59)55-41-49(36-38-61(55)65)63(57-34-15-20-43-18-7-9-28-51(43)57)47-26-17-27-48(40-47)64(58-35-16-21-44-19-8-10-29-52(44)58)50-37-39-62-56(42-50)54-31-12-14-33-60(54)66(62)46-24-5-2-6-25-46/h1-42H. The lowest BCUT2D eigenvalue weighted by molar-refractivity contribution is 1.18. The Bertz CT molecular complexity index is 3690. The number of aromatic nitrogens is 2. The number of para-hydroxylation sites is 4. The van der Waals surface area contributed by atoms with Crippen LogP contribution >= 0.6 is 0 Å². The molecule has 0 fully saturated rings. The van der Waals surface area contributed by atoms with Crippen LogP contribution in [-0.2, 0) is 0 Å². The van der Waals surface area contributed by atoms with Gasteiger partial charge in [-0.2, -0.15) is 0 Å². The Morgan fingerprint density at radius 1 is 0.227 bits per heavy atom. The zero-order valence-corrected chi connectivity index (χ0v) is 36.0. The first-order valence-corrected chi connectivity index (χ1v) is 22.6. The lowest BCUT2D eigenvalue weighted by Crippen LogP contribution is -2.14. The Kier molecular flexibility index (Phi) is 8.81. The third-order valence-corrected chi connectivity index (χ3v) is 13.2. The first kappa shape index (κ1) is 37.7. The predicted molar refractivity (Wildman–Crippen MR) is 279 cm³/mol. The van der Waals surface area contributed by atoms with Crippen molar-refractivity contribution in [1.29, 1.82) is 0 Å². The highest BCUT2D eigenvalue weighted by atomic mass is 15.2. The SMILES string of the molecule is c1ccc(-n2c3ccccc3c3cc(N(c4cccc(N(c5ccc6c(c5)c5ccccc5n6-c5ccccc5)c5cccc6ccccc56)c4)c4cccc5ccccc45)ccc32)cc1. The second kappa shape index (κ2) is 15.4. The van der Waals surface area contributed by atoms with E-state index in [1.165, 1.54) is 65.2 Å². The summed E-state index contributed by atoms with van der Waals surface area (Å²) in [5.41, 5.74) is 13.5. The van der Waals surface area contributed by atoms with Crippen molar-refractivity contribution in [3.8, 4) is 11.4 Å². The van der Waals surface area contributed by atoms with Gasteiger partial charge >= 0.3 is 0 Å². The summed E-state index contributed by atoms with van der Waals surface area (Å²) in [5, 5.41) is 9.60. The minimum absolute atomic E-state index is 1.06. The van der Waals surface area contributed by atoms with Crippen LogP contribution < -0.4 is 9.80 Å². The van der Waals surface area contributed by atoms with Crippen molar-refractivity contribution in [1.82, 2.24) is 9.13 Å². The van der Waals surface area contributed by atoms with Gasteiger partial charge in [0.2, 0.25) is 0 Å².